The Balaban J connectivity index is 1.14. The van der Waals surface area contributed by atoms with Crippen LogP contribution in [-0.2, 0) is 34.0 Å². The number of carbonyl (C=O) groups excluding carboxylic acids is 5. The van der Waals surface area contributed by atoms with Gasteiger partial charge in [-0.1, -0.05) is 140 Å². The van der Waals surface area contributed by atoms with Gasteiger partial charge in [-0.3, -0.25) is 9.59 Å². The van der Waals surface area contributed by atoms with Crippen LogP contribution in [0.25, 0.3) is 52.0 Å². The zero-order valence-electron chi connectivity index (χ0n) is 40.7. The van der Waals surface area contributed by atoms with Gasteiger partial charge in [0.25, 0.3) is 0 Å². The minimum atomic E-state index is -0.975. The van der Waals surface area contributed by atoms with E-state index in [1.165, 1.54) is 16.7 Å². The number of nitrogens with zero attached hydrogens (tertiary/aromatic N) is 9. The Morgan fingerprint density at radius 2 is 0.747 bits per heavy atom. The number of aliphatic imine (C=N–C) groups is 2. The fourth-order valence-electron chi connectivity index (χ4n) is 9.74. The second kappa shape index (κ2) is 19.9. The van der Waals surface area contributed by atoms with Crippen molar-refractivity contribution < 1.29 is 38.2 Å². The van der Waals surface area contributed by atoms with Crippen LogP contribution in [0.5, 0.6) is 0 Å². The van der Waals surface area contributed by atoms with E-state index in [9.17, 15) is 40.2 Å². The van der Waals surface area contributed by atoms with E-state index in [1.807, 2.05) is 30.3 Å². The smallest absolute Gasteiger partial charge is 0.420 e. The molecule has 0 fully saturated rings. The molecule has 0 amide bonds. The summed E-state index contributed by atoms with van der Waals surface area (Å²) in [7, 11) is 0. The highest BCUT2D eigenvalue weighted by atomic mass is 32.1. The number of hydrogen-bond donors (Lipinski definition) is 0. The maximum atomic E-state index is 15.3. The van der Waals surface area contributed by atoms with Gasteiger partial charge in [-0.2, -0.15) is 21.0 Å². The first-order valence-electron chi connectivity index (χ1n) is 24.0. The molecule has 0 N–H and O–H groups in total. The summed E-state index contributed by atoms with van der Waals surface area (Å²) in [5.41, 5.74) is 1.94. The Bertz CT molecular complexity index is 4340. The number of ether oxygens (including phenoxy) is 3. The van der Waals surface area contributed by atoms with Crippen LogP contribution < -0.4 is 0 Å². The summed E-state index contributed by atoms with van der Waals surface area (Å²) in [5, 5.41) is 40.6. The number of rotatable bonds is 8. The van der Waals surface area contributed by atoms with Gasteiger partial charge in [-0.15, -0.1) is 22.7 Å². The van der Waals surface area contributed by atoms with Gasteiger partial charge < -0.3 is 14.2 Å². The molecule has 0 radical (unpaired) electrons. The SMILES string of the molecule is N#CC(C#N)=C1/C(=N/c2cc3sc4c5sc6cc(/N=C7/C(=O)c8ccccc8C7=C(C#N)C#N)n(C(=O)OCc7ccccc7)c6c5n(C(=O)OCc5ccccc5)c4c3n2C(=O)OCc2ccccc2)C(=O)c2ccccc21. The van der Waals surface area contributed by atoms with Crippen molar-refractivity contribution in [2.75, 3.05) is 0 Å². The molecule has 2 aliphatic rings. The average Bonchev–Trinajstić information content (AvgIpc) is 4.45. The first kappa shape index (κ1) is 48.8. The second-order valence-electron chi connectivity index (χ2n) is 17.7. The maximum Gasteiger partial charge on any atom is 0.420 e. The lowest BCUT2D eigenvalue weighted by Crippen LogP contribution is -2.18. The number of benzene rings is 5. The highest BCUT2D eigenvalue weighted by Gasteiger charge is 2.38. The van der Waals surface area contributed by atoms with Crippen LogP contribution in [0.2, 0.25) is 0 Å². The number of hydrogen-bond acceptors (Lipinski definition) is 16. The van der Waals surface area contributed by atoms with Gasteiger partial charge in [0.2, 0.25) is 11.6 Å². The van der Waals surface area contributed by atoms with Crippen molar-refractivity contribution in [3.63, 3.8) is 0 Å². The average molecular weight is 1070 g/mol. The third kappa shape index (κ3) is 8.16. The maximum absolute atomic E-state index is 15.3. The van der Waals surface area contributed by atoms with Gasteiger partial charge in [0.05, 0.1) is 40.9 Å². The van der Waals surface area contributed by atoms with Crippen molar-refractivity contribution in [3.05, 3.63) is 202 Å². The highest BCUT2D eigenvalue weighted by molar-refractivity contribution is 7.33. The van der Waals surface area contributed by atoms with Crippen molar-refractivity contribution in [1.82, 2.24) is 13.7 Å². The molecule has 0 unspecified atom stereocenters. The summed E-state index contributed by atoms with van der Waals surface area (Å²) >= 11 is 2.33. The number of fused-ring (bicyclic) bond motifs is 9. The molecule has 5 aromatic heterocycles. The summed E-state index contributed by atoms with van der Waals surface area (Å²) in [5.74, 6) is -1.50. The van der Waals surface area contributed by atoms with Gasteiger partial charge >= 0.3 is 18.3 Å². The number of carbonyl (C=O) groups is 5. The van der Waals surface area contributed by atoms with Crippen molar-refractivity contribution in [1.29, 1.82) is 21.0 Å². The van der Waals surface area contributed by atoms with E-state index in [4.69, 9.17) is 24.2 Å². The van der Waals surface area contributed by atoms with E-state index in [0.717, 1.165) is 31.8 Å². The fraction of sp³-hybridized carbons (Fsp3) is 0.0500. The Hall–Kier alpha value is -11.1. The number of Topliss-reactive ketones (excluding diaryl/α,β-unsaturated/α-hetero) is 2. The Morgan fingerprint density at radius 3 is 1.09 bits per heavy atom. The Kier molecular flexibility index (Phi) is 12.3. The summed E-state index contributed by atoms with van der Waals surface area (Å²) < 4.78 is 23.2. The van der Waals surface area contributed by atoms with E-state index in [2.05, 4.69) is 0 Å². The van der Waals surface area contributed by atoms with Crippen LogP contribution in [-0.4, -0.2) is 55.0 Å². The van der Waals surface area contributed by atoms with E-state index in [-0.39, 0.29) is 98.4 Å². The van der Waals surface area contributed by atoms with Crippen LogP contribution in [0.15, 0.2) is 173 Å². The molecule has 2 aliphatic carbocycles. The van der Waals surface area contributed by atoms with Gasteiger partial charge in [0.1, 0.15) is 78.3 Å². The number of aromatic nitrogens is 3. The molecular formula is C60H31N9O8S2. The molecule has 17 nitrogen and oxygen atoms in total. The van der Waals surface area contributed by atoms with Crippen molar-refractivity contribution in [3.8, 4) is 24.3 Å². The van der Waals surface area contributed by atoms with E-state index in [1.54, 1.807) is 133 Å². The minimum absolute atomic E-state index is 0.0261. The first-order chi connectivity index (χ1) is 38.6. The molecule has 5 heterocycles. The number of nitriles is 4. The molecule has 5 aromatic carbocycles. The fourth-order valence-corrected chi connectivity index (χ4v) is 12.3. The van der Waals surface area contributed by atoms with Gasteiger partial charge in [0.15, 0.2) is 0 Å². The summed E-state index contributed by atoms with van der Waals surface area (Å²) in [6.45, 7) is -0.630. The minimum Gasteiger partial charge on any atom is -0.444 e. The number of allylic oxidation sites excluding steroid dienone is 4. The van der Waals surface area contributed by atoms with Crippen LogP contribution in [0, 0.1) is 45.3 Å². The molecule has 79 heavy (non-hydrogen) atoms. The van der Waals surface area contributed by atoms with Crippen LogP contribution in [0.3, 0.4) is 0 Å². The van der Waals surface area contributed by atoms with Gasteiger partial charge in [0, 0.05) is 34.4 Å². The first-order valence-corrected chi connectivity index (χ1v) is 25.6. The zero-order chi connectivity index (χ0) is 54.5. The molecule has 19 heteroatoms. The lowest BCUT2D eigenvalue weighted by atomic mass is 10.0. The normalized spacial score (nSPS) is 13.6. The summed E-state index contributed by atoms with van der Waals surface area (Å²) in [4.78, 5) is 83.2. The quantitative estimate of drug-likeness (QED) is 0.102. The molecular weight excluding hydrogens is 1040 g/mol. The largest absolute Gasteiger partial charge is 0.444 e. The lowest BCUT2D eigenvalue weighted by Gasteiger charge is -2.12. The standard InChI is InChI=1S/C60H31N9O8S2/c61-26-36(27-62)46-38-20-10-12-22-40(38)54(70)48(46)65-44-24-42-50(67(44)58(72)75-30-33-14-4-1-5-15-33)52-56(78-42)57-53(69(52)60(74)77-32-35-18-8-3-9-19-35)51-43(79-57)25-45(68(51)59(73)76-31-34-16-6-2-7-17-34)66-49-47(37(28-63)29-64)39-21-11-13-23-41(39)55(49)71/h1-25H,30-32H2/b65-48-,66-49+. The zero-order valence-corrected chi connectivity index (χ0v) is 42.3. The highest BCUT2D eigenvalue weighted by Crippen LogP contribution is 2.51. The Labute approximate surface area is 454 Å². The monoisotopic (exact) mass is 1070 g/mol. The van der Waals surface area contributed by atoms with Crippen LogP contribution in [0.1, 0.15) is 48.5 Å². The third-order valence-corrected chi connectivity index (χ3v) is 15.6. The van der Waals surface area contributed by atoms with Crippen molar-refractivity contribution in [2.24, 2.45) is 9.98 Å². The molecule has 12 rings (SSSR count). The lowest BCUT2D eigenvalue weighted by molar-refractivity contribution is 0.106. The molecule has 0 saturated carbocycles. The van der Waals surface area contributed by atoms with E-state index >= 15 is 4.79 Å². The predicted octanol–water partition coefficient (Wildman–Crippen LogP) is 12.9. The number of thiophene rings is 2. The van der Waals surface area contributed by atoms with Gasteiger partial charge in [-0.25, -0.2) is 38.1 Å². The summed E-state index contributed by atoms with van der Waals surface area (Å²) in [6.07, 6.45) is -2.90. The van der Waals surface area contributed by atoms with Crippen molar-refractivity contribution in [2.45, 2.75) is 19.8 Å². The summed E-state index contributed by atoms with van der Waals surface area (Å²) in [6, 6.07) is 50.1. The molecule has 10 aromatic rings. The molecule has 0 spiro atoms. The number of ketones is 2. The molecule has 0 atom stereocenters. The Morgan fingerprint density at radius 1 is 0.430 bits per heavy atom. The third-order valence-electron chi connectivity index (χ3n) is 13.2. The predicted molar refractivity (Wildman–Crippen MR) is 294 cm³/mol. The van der Waals surface area contributed by atoms with Crippen LogP contribution >= 0.6 is 22.7 Å². The van der Waals surface area contributed by atoms with Crippen LogP contribution in [0.4, 0.5) is 26.0 Å². The van der Waals surface area contributed by atoms with Crippen molar-refractivity contribution >= 4 is 128 Å². The van der Waals surface area contributed by atoms with Gasteiger partial charge in [-0.05, 0) is 27.8 Å². The topological polar surface area (TPSA) is 248 Å². The molecule has 0 aliphatic heterocycles. The van der Waals surface area contributed by atoms with E-state index in [0.29, 0.717) is 46.6 Å². The molecule has 376 valence electrons. The second-order valence-corrected chi connectivity index (χ2v) is 19.8. The molecule has 0 bridgehead atoms. The molecule has 0 saturated heterocycles. The van der Waals surface area contributed by atoms with E-state index < -0.39 is 29.8 Å².